The fourth-order valence-corrected chi connectivity index (χ4v) is 2.39. The summed E-state index contributed by atoms with van der Waals surface area (Å²) >= 11 is 0. The summed E-state index contributed by atoms with van der Waals surface area (Å²) in [6, 6.07) is 6.08. The van der Waals surface area contributed by atoms with E-state index in [1.54, 1.807) is 38.3 Å². The van der Waals surface area contributed by atoms with Crippen molar-refractivity contribution >= 4 is 11.9 Å². The summed E-state index contributed by atoms with van der Waals surface area (Å²) in [5.74, 6) is -0.646. The van der Waals surface area contributed by atoms with Gasteiger partial charge in [0.25, 0.3) is 5.91 Å². The Morgan fingerprint density at radius 3 is 2.70 bits per heavy atom. The minimum atomic E-state index is -0.989. The number of rotatable bonds is 9. The van der Waals surface area contributed by atoms with Gasteiger partial charge in [0.15, 0.2) is 0 Å². The van der Waals surface area contributed by atoms with Gasteiger partial charge >= 0.3 is 5.97 Å². The first-order valence-electron chi connectivity index (χ1n) is 7.82. The Bertz CT molecular complexity index is 556. The van der Waals surface area contributed by atoms with Gasteiger partial charge in [-0.05, 0) is 38.0 Å². The Hall–Kier alpha value is -2.08. The van der Waals surface area contributed by atoms with Gasteiger partial charge in [0, 0.05) is 31.7 Å². The molecular weight excluding hydrogens is 298 g/mol. The first-order valence-corrected chi connectivity index (χ1v) is 7.82. The van der Waals surface area contributed by atoms with Crippen LogP contribution in [0.2, 0.25) is 0 Å². The highest BCUT2D eigenvalue weighted by Gasteiger charge is 2.38. The molecular formula is C17H23NO5. The lowest BCUT2D eigenvalue weighted by Gasteiger charge is -2.26. The molecule has 2 rings (SSSR count). The van der Waals surface area contributed by atoms with Crippen LogP contribution >= 0.6 is 0 Å². The van der Waals surface area contributed by atoms with E-state index in [-0.39, 0.29) is 11.9 Å². The number of carbonyl (C=O) groups excluding carboxylic acids is 1. The molecule has 0 bridgehead atoms. The molecule has 1 aromatic carbocycles. The van der Waals surface area contributed by atoms with Crippen molar-refractivity contribution in [1.82, 2.24) is 4.90 Å². The van der Waals surface area contributed by atoms with Gasteiger partial charge < -0.3 is 19.5 Å². The third-order valence-corrected chi connectivity index (χ3v) is 3.79. The number of hydrogen-bond acceptors (Lipinski definition) is 4. The van der Waals surface area contributed by atoms with Gasteiger partial charge in [-0.2, -0.15) is 0 Å². The van der Waals surface area contributed by atoms with Crippen LogP contribution in [-0.4, -0.2) is 54.3 Å². The molecule has 1 amide bonds. The maximum absolute atomic E-state index is 12.7. The average Bonchev–Trinajstić information content (AvgIpc) is 3.36. The predicted octanol–water partition coefficient (Wildman–Crippen LogP) is 2.18. The van der Waals surface area contributed by atoms with Crippen LogP contribution < -0.4 is 4.74 Å². The lowest BCUT2D eigenvalue weighted by molar-refractivity contribution is -0.141. The molecule has 0 aromatic heterocycles. The van der Waals surface area contributed by atoms with Crippen LogP contribution in [-0.2, 0) is 9.53 Å². The smallest absolute Gasteiger partial charge is 0.326 e. The Labute approximate surface area is 136 Å². The largest absolute Gasteiger partial charge is 0.493 e. The van der Waals surface area contributed by atoms with E-state index in [2.05, 4.69) is 0 Å². The molecule has 1 aliphatic rings. The summed E-state index contributed by atoms with van der Waals surface area (Å²) in [5.41, 5.74) is 0.453. The Kier molecular flexibility index (Phi) is 5.98. The third-order valence-electron chi connectivity index (χ3n) is 3.79. The number of benzene rings is 1. The molecule has 1 unspecified atom stereocenters. The summed E-state index contributed by atoms with van der Waals surface area (Å²) in [6.07, 6.45) is 2.48. The molecule has 0 saturated heterocycles. The number of carboxylic acids is 1. The number of hydrogen-bond donors (Lipinski definition) is 1. The van der Waals surface area contributed by atoms with Crippen molar-refractivity contribution in [3.63, 3.8) is 0 Å². The number of methoxy groups -OCH3 is 1. The Morgan fingerprint density at radius 1 is 1.35 bits per heavy atom. The highest BCUT2D eigenvalue weighted by Crippen LogP contribution is 2.30. The van der Waals surface area contributed by atoms with Crippen LogP contribution in [0.5, 0.6) is 5.75 Å². The summed E-state index contributed by atoms with van der Waals surface area (Å²) in [4.78, 5) is 25.4. The normalized spacial score (nSPS) is 15.0. The van der Waals surface area contributed by atoms with E-state index in [1.165, 1.54) is 4.90 Å². The Morgan fingerprint density at radius 2 is 2.09 bits per heavy atom. The van der Waals surface area contributed by atoms with E-state index in [9.17, 15) is 14.7 Å². The number of carboxylic acid groups (broad SMARTS) is 1. The number of ether oxygens (including phenoxy) is 2. The third kappa shape index (κ3) is 4.69. The van der Waals surface area contributed by atoms with Crippen molar-refractivity contribution in [3.8, 4) is 5.75 Å². The molecule has 23 heavy (non-hydrogen) atoms. The van der Waals surface area contributed by atoms with E-state index in [0.717, 1.165) is 19.3 Å². The topological polar surface area (TPSA) is 76.1 Å². The van der Waals surface area contributed by atoms with Crippen LogP contribution in [0.15, 0.2) is 24.3 Å². The van der Waals surface area contributed by atoms with E-state index < -0.39 is 12.0 Å². The lowest BCUT2D eigenvalue weighted by atomic mass is 10.1. The van der Waals surface area contributed by atoms with E-state index in [1.807, 2.05) is 0 Å². The molecule has 1 aliphatic carbocycles. The SMILES string of the molecule is COCCCOc1cccc(C(=O)N(C2CC2)C(C)C(=O)O)c1. The maximum Gasteiger partial charge on any atom is 0.326 e. The first kappa shape index (κ1) is 17.3. The molecule has 1 saturated carbocycles. The highest BCUT2D eigenvalue weighted by molar-refractivity contribution is 5.97. The minimum Gasteiger partial charge on any atom is -0.493 e. The maximum atomic E-state index is 12.7. The van der Waals surface area contributed by atoms with Gasteiger partial charge in [-0.3, -0.25) is 4.79 Å². The van der Waals surface area contributed by atoms with Crippen LogP contribution in [0, 0.1) is 0 Å². The summed E-state index contributed by atoms with van der Waals surface area (Å²) in [7, 11) is 1.63. The molecule has 1 atom stereocenters. The number of aliphatic carboxylic acids is 1. The number of nitrogens with zero attached hydrogens (tertiary/aromatic N) is 1. The predicted molar refractivity (Wildman–Crippen MR) is 84.7 cm³/mol. The van der Waals surface area contributed by atoms with Gasteiger partial charge in [-0.25, -0.2) is 4.79 Å². The van der Waals surface area contributed by atoms with Crippen molar-refractivity contribution < 1.29 is 24.2 Å². The number of amides is 1. The monoisotopic (exact) mass is 321 g/mol. The molecule has 0 heterocycles. The average molecular weight is 321 g/mol. The van der Waals surface area contributed by atoms with Crippen molar-refractivity contribution in [2.75, 3.05) is 20.3 Å². The summed E-state index contributed by atoms with van der Waals surface area (Å²) in [5, 5.41) is 9.22. The van der Waals surface area contributed by atoms with Gasteiger partial charge in [-0.1, -0.05) is 6.07 Å². The van der Waals surface area contributed by atoms with Crippen molar-refractivity contribution in [2.45, 2.75) is 38.3 Å². The van der Waals surface area contributed by atoms with Gasteiger partial charge in [0.05, 0.1) is 6.61 Å². The van der Waals surface area contributed by atoms with Gasteiger partial charge in [0.2, 0.25) is 0 Å². The van der Waals surface area contributed by atoms with E-state index in [4.69, 9.17) is 9.47 Å². The Balaban J connectivity index is 2.07. The lowest BCUT2D eigenvalue weighted by Crippen LogP contribution is -2.44. The number of carbonyl (C=O) groups is 2. The molecule has 6 nitrogen and oxygen atoms in total. The van der Waals surface area contributed by atoms with Crippen molar-refractivity contribution in [2.24, 2.45) is 0 Å². The second kappa shape index (κ2) is 7.97. The van der Waals surface area contributed by atoms with Crippen molar-refractivity contribution in [3.05, 3.63) is 29.8 Å². The zero-order valence-electron chi connectivity index (χ0n) is 13.5. The molecule has 126 valence electrons. The first-order chi connectivity index (χ1) is 11.0. The molecule has 1 aromatic rings. The van der Waals surface area contributed by atoms with E-state index >= 15 is 0 Å². The molecule has 0 radical (unpaired) electrons. The van der Waals surface area contributed by atoms with E-state index in [0.29, 0.717) is 24.5 Å². The minimum absolute atomic E-state index is 0.0277. The quantitative estimate of drug-likeness (QED) is 0.706. The second-order valence-corrected chi connectivity index (χ2v) is 5.68. The fraction of sp³-hybridized carbons (Fsp3) is 0.529. The standard InChI is InChI=1S/C17H23NO5/c1-12(17(20)21)18(14-7-8-14)16(19)13-5-3-6-15(11-13)23-10-4-9-22-2/h3,5-6,11-12,14H,4,7-10H2,1-2H3,(H,20,21). The van der Waals surface area contributed by atoms with Crippen molar-refractivity contribution in [1.29, 1.82) is 0 Å². The zero-order chi connectivity index (χ0) is 16.8. The fourth-order valence-electron chi connectivity index (χ4n) is 2.39. The van der Waals surface area contributed by atoms with Crippen LogP contribution in [0.1, 0.15) is 36.5 Å². The van der Waals surface area contributed by atoms with Gasteiger partial charge in [-0.15, -0.1) is 0 Å². The molecule has 0 spiro atoms. The summed E-state index contributed by atoms with van der Waals surface area (Å²) in [6.45, 7) is 2.66. The second-order valence-electron chi connectivity index (χ2n) is 5.68. The molecule has 6 heteroatoms. The highest BCUT2D eigenvalue weighted by atomic mass is 16.5. The molecule has 1 fully saturated rings. The van der Waals surface area contributed by atoms with Gasteiger partial charge in [0.1, 0.15) is 11.8 Å². The molecule has 1 N–H and O–H groups in total. The summed E-state index contributed by atoms with van der Waals surface area (Å²) < 4.78 is 10.6. The van der Waals surface area contributed by atoms with Crippen LogP contribution in [0.3, 0.4) is 0 Å². The zero-order valence-corrected chi connectivity index (χ0v) is 13.5. The van der Waals surface area contributed by atoms with Crippen LogP contribution in [0.4, 0.5) is 0 Å². The molecule has 0 aliphatic heterocycles. The van der Waals surface area contributed by atoms with Crippen LogP contribution in [0.25, 0.3) is 0 Å².